The van der Waals surface area contributed by atoms with Gasteiger partial charge in [-0.2, -0.15) is 0 Å². The highest BCUT2D eigenvalue weighted by molar-refractivity contribution is 9.10. The third-order valence-electron chi connectivity index (χ3n) is 6.89. The fourth-order valence-electron chi connectivity index (χ4n) is 4.45. The molecule has 9 heteroatoms. The van der Waals surface area contributed by atoms with Crippen LogP contribution in [0.25, 0.3) is 0 Å². The quantitative estimate of drug-likeness (QED) is 0.258. The van der Waals surface area contributed by atoms with E-state index in [0.29, 0.717) is 18.7 Å². The normalized spacial score (nSPS) is 12.0. The molecule has 2 amide bonds. The lowest BCUT2D eigenvalue weighted by molar-refractivity contribution is -0.140. The van der Waals surface area contributed by atoms with Gasteiger partial charge in [-0.15, -0.1) is 0 Å². The summed E-state index contributed by atoms with van der Waals surface area (Å²) < 4.78 is 28.0. The molecule has 3 aromatic rings. The Morgan fingerprint density at radius 1 is 0.925 bits per heavy atom. The number of benzene rings is 3. The number of hydrogen-bond acceptors (Lipinski definition) is 4. The van der Waals surface area contributed by atoms with Crippen LogP contribution >= 0.6 is 15.9 Å². The molecule has 214 valence electrons. The number of hydrogen-bond donors (Lipinski definition) is 1. The Balaban J connectivity index is 2.05. The number of amides is 2. The highest BCUT2D eigenvalue weighted by Gasteiger charge is 2.33. The van der Waals surface area contributed by atoms with Gasteiger partial charge in [0.1, 0.15) is 12.6 Å². The summed E-state index contributed by atoms with van der Waals surface area (Å²) in [6.07, 6.45) is 3.13. The maximum absolute atomic E-state index is 14.1. The van der Waals surface area contributed by atoms with Crippen molar-refractivity contribution in [1.82, 2.24) is 10.2 Å². The van der Waals surface area contributed by atoms with E-state index in [1.165, 1.54) is 4.90 Å². The van der Waals surface area contributed by atoms with Crippen molar-refractivity contribution in [3.05, 3.63) is 99.5 Å². The Hall–Kier alpha value is -3.17. The molecule has 1 atom stereocenters. The smallest absolute Gasteiger partial charge is 0.244 e. The van der Waals surface area contributed by atoms with Crippen molar-refractivity contribution in [2.45, 2.75) is 52.6 Å². The number of carbonyl (C=O) groups is 2. The predicted molar refractivity (Wildman–Crippen MR) is 165 cm³/mol. The number of rotatable bonds is 13. The molecule has 3 rings (SSSR count). The molecule has 0 aliphatic heterocycles. The molecule has 0 saturated carbocycles. The van der Waals surface area contributed by atoms with E-state index in [-0.39, 0.29) is 12.5 Å². The van der Waals surface area contributed by atoms with E-state index in [1.54, 1.807) is 12.1 Å². The Morgan fingerprint density at radius 2 is 1.60 bits per heavy atom. The number of sulfonamides is 1. The van der Waals surface area contributed by atoms with E-state index in [9.17, 15) is 18.0 Å². The molecule has 0 bridgehead atoms. The van der Waals surface area contributed by atoms with Gasteiger partial charge in [-0.1, -0.05) is 83.9 Å². The number of nitrogens with zero attached hydrogens (tertiary/aromatic N) is 2. The number of carbonyl (C=O) groups excluding carboxylic acids is 2. The van der Waals surface area contributed by atoms with Crippen LogP contribution in [0.2, 0.25) is 0 Å². The van der Waals surface area contributed by atoms with Crippen LogP contribution < -0.4 is 9.62 Å². The zero-order valence-corrected chi connectivity index (χ0v) is 26.0. The third-order valence-corrected chi connectivity index (χ3v) is 8.55. The second-order valence-corrected chi connectivity index (χ2v) is 12.8. The van der Waals surface area contributed by atoms with Gasteiger partial charge >= 0.3 is 0 Å². The standard InChI is InChI=1S/C31H38BrN3O4S/c1-5-6-19-33-31(37)29(20-25-12-8-7-9-13-25)34(21-26-15-17-27(32)18-16-26)30(36)22-35(40(4,38)39)28-14-10-11-23(2)24(28)3/h7-18,29H,5-6,19-22H2,1-4H3,(H,33,37). The van der Waals surface area contributed by atoms with Gasteiger partial charge in [0.05, 0.1) is 11.9 Å². The SMILES string of the molecule is CCCCNC(=O)C(Cc1ccccc1)N(Cc1ccc(Br)cc1)C(=O)CN(c1cccc(C)c1C)S(C)(=O)=O. The Kier molecular flexibility index (Phi) is 11.3. The van der Waals surface area contributed by atoms with Crippen LogP contribution in [-0.2, 0) is 32.6 Å². The van der Waals surface area contributed by atoms with E-state index in [1.807, 2.05) is 81.4 Å². The molecule has 40 heavy (non-hydrogen) atoms. The number of aryl methyl sites for hydroxylation is 1. The van der Waals surface area contributed by atoms with Crippen LogP contribution in [0.4, 0.5) is 5.69 Å². The van der Waals surface area contributed by atoms with Crippen molar-refractivity contribution in [2.24, 2.45) is 0 Å². The van der Waals surface area contributed by atoms with Gasteiger partial charge in [-0.3, -0.25) is 13.9 Å². The summed E-state index contributed by atoms with van der Waals surface area (Å²) in [5.41, 5.74) is 3.88. The highest BCUT2D eigenvalue weighted by atomic mass is 79.9. The van der Waals surface area contributed by atoms with Crippen molar-refractivity contribution >= 4 is 43.5 Å². The number of unbranched alkanes of at least 4 members (excludes halogenated alkanes) is 1. The predicted octanol–water partition coefficient (Wildman–Crippen LogP) is 5.39. The van der Waals surface area contributed by atoms with Crippen molar-refractivity contribution in [3.63, 3.8) is 0 Å². The van der Waals surface area contributed by atoms with Gasteiger partial charge < -0.3 is 10.2 Å². The summed E-state index contributed by atoms with van der Waals surface area (Å²) in [5, 5.41) is 2.99. The van der Waals surface area contributed by atoms with E-state index >= 15 is 0 Å². The minimum atomic E-state index is -3.81. The van der Waals surface area contributed by atoms with Crippen molar-refractivity contribution in [2.75, 3.05) is 23.7 Å². The monoisotopic (exact) mass is 627 g/mol. The summed E-state index contributed by atoms with van der Waals surface area (Å²) >= 11 is 3.45. The zero-order valence-electron chi connectivity index (χ0n) is 23.6. The third kappa shape index (κ3) is 8.66. The van der Waals surface area contributed by atoms with Crippen molar-refractivity contribution in [3.8, 4) is 0 Å². The molecule has 7 nitrogen and oxygen atoms in total. The van der Waals surface area contributed by atoms with Crippen LogP contribution in [0.3, 0.4) is 0 Å². The largest absolute Gasteiger partial charge is 0.354 e. The number of nitrogens with one attached hydrogen (secondary N) is 1. The molecular formula is C31H38BrN3O4S. The Morgan fingerprint density at radius 3 is 2.23 bits per heavy atom. The molecule has 0 aromatic heterocycles. The summed E-state index contributed by atoms with van der Waals surface area (Å²) in [7, 11) is -3.81. The number of halogens is 1. The topological polar surface area (TPSA) is 86.8 Å². The summed E-state index contributed by atoms with van der Waals surface area (Å²) in [4.78, 5) is 29.3. The van der Waals surface area contributed by atoms with Gasteiger partial charge in [0, 0.05) is 24.0 Å². The molecule has 1 unspecified atom stereocenters. The first-order chi connectivity index (χ1) is 19.0. The van der Waals surface area contributed by atoms with Gasteiger partial charge in [-0.25, -0.2) is 8.42 Å². The van der Waals surface area contributed by atoms with E-state index in [4.69, 9.17) is 0 Å². The van der Waals surface area contributed by atoms with E-state index < -0.39 is 28.5 Å². The first-order valence-corrected chi connectivity index (χ1v) is 16.0. The lowest BCUT2D eigenvalue weighted by Gasteiger charge is -2.34. The summed E-state index contributed by atoms with van der Waals surface area (Å²) in [5.74, 6) is -0.721. The molecule has 0 aliphatic rings. The molecule has 3 aromatic carbocycles. The lowest BCUT2D eigenvalue weighted by Crippen LogP contribution is -2.53. The fraction of sp³-hybridized carbons (Fsp3) is 0.355. The van der Waals surface area contributed by atoms with Gasteiger partial charge in [-0.05, 0) is 60.7 Å². The minimum Gasteiger partial charge on any atom is -0.354 e. The molecular weight excluding hydrogens is 590 g/mol. The van der Waals surface area contributed by atoms with Gasteiger partial charge in [0.2, 0.25) is 21.8 Å². The van der Waals surface area contributed by atoms with Crippen LogP contribution in [0.1, 0.15) is 42.0 Å². The van der Waals surface area contributed by atoms with Crippen LogP contribution in [0.15, 0.2) is 77.3 Å². The maximum atomic E-state index is 14.1. The second-order valence-electron chi connectivity index (χ2n) is 9.99. The van der Waals surface area contributed by atoms with Gasteiger partial charge in [0.15, 0.2) is 0 Å². The molecule has 0 spiro atoms. The molecule has 0 saturated heterocycles. The minimum absolute atomic E-state index is 0.148. The molecule has 0 fully saturated rings. The average molecular weight is 629 g/mol. The summed E-state index contributed by atoms with van der Waals surface area (Å²) in [6, 6.07) is 21.6. The first kappa shape index (κ1) is 31.4. The zero-order chi connectivity index (χ0) is 29.3. The van der Waals surface area contributed by atoms with Crippen LogP contribution in [0.5, 0.6) is 0 Å². The lowest BCUT2D eigenvalue weighted by atomic mass is 10.0. The summed E-state index contributed by atoms with van der Waals surface area (Å²) in [6.45, 7) is 6.01. The average Bonchev–Trinajstić information content (AvgIpc) is 2.92. The highest BCUT2D eigenvalue weighted by Crippen LogP contribution is 2.26. The Labute approximate surface area is 246 Å². The second kappa shape index (κ2) is 14.5. The molecule has 1 N–H and O–H groups in total. The maximum Gasteiger partial charge on any atom is 0.244 e. The van der Waals surface area contributed by atoms with Crippen LogP contribution in [0, 0.1) is 13.8 Å². The number of anilines is 1. The van der Waals surface area contributed by atoms with Gasteiger partial charge in [0.25, 0.3) is 0 Å². The van der Waals surface area contributed by atoms with Crippen LogP contribution in [-0.4, -0.2) is 50.5 Å². The van der Waals surface area contributed by atoms with Crippen molar-refractivity contribution < 1.29 is 18.0 Å². The Bertz CT molecular complexity index is 1400. The van der Waals surface area contributed by atoms with E-state index in [0.717, 1.165) is 50.1 Å². The molecule has 0 aliphatic carbocycles. The van der Waals surface area contributed by atoms with E-state index in [2.05, 4.69) is 21.2 Å². The molecule has 0 radical (unpaired) electrons. The first-order valence-electron chi connectivity index (χ1n) is 13.4. The molecule has 0 heterocycles. The fourth-order valence-corrected chi connectivity index (χ4v) is 5.61. The van der Waals surface area contributed by atoms with Crippen molar-refractivity contribution in [1.29, 1.82) is 0 Å².